The lowest BCUT2D eigenvalue weighted by atomic mass is 9.69. The summed E-state index contributed by atoms with van der Waals surface area (Å²) in [6, 6.07) is 3.76. The number of carboxylic acid groups (broad SMARTS) is 1. The Kier molecular flexibility index (Phi) is 5.45. The molecule has 1 aliphatic rings. The first-order valence-electron chi connectivity index (χ1n) is 8.90. The van der Waals surface area contributed by atoms with Crippen molar-refractivity contribution >= 4 is 17.7 Å². The third-order valence-electron chi connectivity index (χ3n) is 4.97. The number of benzene rings is 1. The second-order valence-corrected chi connectivity index (χ2v) is 8.04. The first kappa shape index (κ1) is 19.3. The molecule has 2 rings (SSSR count). The summed E-state index contributed by atoms with van der Waals surface area (Å²) in [5, 5.41) is 12.7. The highest BCUT2D eigenvalue weighted by Gasteiger charge is 2.41. The van der Waals surface area contributed by atoms with E-state index in [2.05, 4.69) is 5.32 Å². The molecule has 0 saturated heterocycles. The molecule has 1 aromatic rings. The zero-order valence-corrected chi connectivity index (χ0v) is 15.9. The number of nitrogens with one attached hydrogen (secondary N) is 1. The van der Waals surface area contributed by atoms with Gasteiger partial charge in [-0.2, -0.15) is 0 Å². The Balaban J connectivity index is 2.40. The van der Waals surface area contributed by atoms with E-state index in [0.29, 0.717) is 18.5 Å². The summed E-state index contributed by atoms with van der Waals surface area (Å²) in [4.78, 5) is 24.2. The van der Waals surface area contributed by atoms with Crippen LogP contribution in [0.15, 0.2) is 12.1 Å². The van der Waals surface area contributed by atoms with Gasteiger partial charge in [-0.15, -0.1) is 0 Å². The fourth-order valence-electron chi connectivity index (χ4n) is 3.46. The second kappa shape index (κ2) is 7.06. The molecule has 0 unspecified atom stereocenters. The first-order chi connectivity index (χ1) is 11.5. The molecule has 1 aliphatic carbocycles. The number of carbonyl (C=O) groups excluding carboxylic acids is 1. The van der Waals surface area contributed by atoms with Gasteiger partial charge in [-0.05, 0) is 70.2 Å². The van der Waals surface area contributed by atoms with E-state index in [9.17, 15) is 14.7 Å². The maximum Gasteiger partial charge on any atom is 0.412 e. The minimum Gasteiger partial charge on any atom is -0.481 e. The minimum absolute atomic E-state index is 0.528. The summed E-state index contributed by atoms with van der Waals surface area (Å²) in [7, 11) is 0. The summed E-state index contributed by atoms with van der Waals surface area (Å²) < 4.78 is 5.33. The summed E-state index contributed by atoms with van der Waals surface area (Å²) in [6.07, 6.45) is 3.64. The Labute approximate surface area is 149 Å². The molecule has 0 atom stereocenters. The van der Waals surface area contributed by atoms with E-state index >= 15 is 0 Å². The van der Waals surface area contributed by atoms with Crippen molar-refractivity contribution in [2.45, 2.75) is 77.7 Å². The van der Waals surface area contributed by atoms with Crippen LogP contribution in [-0.2, 0) is 14.9 Å². The predicted molar refractivity (Wildman–Crippen MR) is 98.2 cm³/mol. The second-order valence-electron chi connectivity index (χ2n) is 8.04. The van der Waals surface area contributed by atoms with Crippen LogP contribution in [0.25, 0.3) is 0 Å². The van der Waals surface area contributed by atoms with Crippen LogP contribution >= 0.6 is 0 Å². The van der Waals surface area contributed by atoms with Crippen LogP contribution in [0.4, 0.5) is 10.5 Å². The molecule has 1 saturated carbocycles. The lowest BCUT2D eigenvalue weighted by Crippen LogP contribution is -2.38. The van der Waals surface area contributed by atoms with Crippen LogP contribution in [0, 0.1) is 13.8 Å². The quantitative estimate of drug-likeness (QED) is 0.812. The van der Waals surface area contributed by atoms with E-state index in [1.807, 2.05) is 46.8 Å². The van der Waals surface area contributed by atoms with Crippen molar-refractivity contribution in [2.75, 3.05) is 5.32 Å². The average molecular weight is 347 g/mol. The number of hydrogen-bond acceptors (Lipinski definition) is 3. The number of hydrogen-bond donors (Lipinski definition) is 2. The SMILES string of the molecule is Cc1cc(C2(C(=O)O)CCCCC2)cc(NC(=O)OC(C)(C)C)c1C. The van der Waals surface area contributed by atoms with Gasteiger partial charge in [0, 0.05) is 5.69 Å². The summed E-state index contributed by atoms with van der Waals surface area (Å²) in [5.74, 6) is -0.779. The normalized spacial score (nSPS) is 17.0. The van der Waals surface area contributed by atoms with E-state index in [-0.39, 0.29) is 0 Å². The monoisotopic (exact) mass is 347 g/mol. The van der Waals surface area contributed by atoms with Gasteiger partial charge in [0.2, 0.25) is 0 Å². The molecule has 5 nitrogen and oxygen atoms in total. The predicted octanol–water partition coefficient (Wildman–Crippen LogP) is 4.94. The largest absolute Gasteiger partial charge is 0.481 e. The molecule has 0 aromatic heterocycles. The smallest absolute Gasteiger partial charge is 0.412 e. The molecule has 0 bridgehead atoms. The van der Waals surface area contributed by atoms with Crippen LogP contribution < -0.4 is 5.32 Å². The Morgan fingerprint density at radius 3 is 2.24 bits per heavy atom. The summed E-state index contributed by atoms with van der Waals surface area (Å²) in [5.41, 5.74) is 1.84. The van der Waals surface area contributed by atoms with Crippen molar-refractivity contribution < 1.29 is 19.4 Å². The van der Waals surface area contributed by atoms with Crippen LogP contribution in [0.3, 0.4) is 0 Å². The highest BCUT2D eigenvalue weighted by Crippen LogP contribution is 2.41. The Morgan fingerprint density at radius 2 is 1.72 bits per heavy atom. The average Bonchev–Trinajstić information content (AvgIpc) is 2.50. The van der Waals surface area contributed by atoms with E-state index in [1.165, 1.54) is 0 Å². The van der Waals surface area contributed by atoms with Crippen LogP contribution in [0.2, 0.25) is 0 Å². The molecule has 0 radical (unpaired) electrons. The number of carbonyl (C=O) groups is 2. The maximum absolute atomic E-state index is 12.1. The first-order valence-corrected chi connectivity index (χ1v) is 8.90. The zero-order chi connectivity index (χ0) is 18.8. The molecular weight excluding hydrogens is 318 g/mol. The topological polar surface area (TPSA) is 75.6 Å². The number of anilines is 1. The molecule has 138 valence electrons. The van der Waals surface area contributed by atoms with Gasteiger partial charge in [-0.25, -0.2) is 4.79 Å². The van der Waals surface area contributed by atoms with Crippen LogP contribution in [-0.4, -0.2) is 22.8 Å². The van der Waals surface area contributed by atoms with Crippen molar-refractivity contribution in [2.24, 2.45) is 0 Å². The van der Waals surface area contributed by atoms with Gasteiger partial charge in [0.05, 0.1) is 5.41 Å². The lowest BCUT2D eigenvalue weighted by Gasteiger charge is -2.34. The van der Waals surface area contributed by atoms with Crippen molar-refractivity contribution in [1.29, 1.82) is 0 Å². The van der Waals surface area contributed by atoms with Crippen molar-refractivity contribution in [3.63, 3.8) is 0 Å². The van der Waals surface area contributed by atoms with Gasteiger partial charge in [0.15, 0.2) is 0 Å². The third kappa shape index (κ3) is 4.33. The molecule has 5 heteroatoms. The zero-order valence-electron chi connectivity index (χ0n) is 15.9. The fourth-order valence-corrected chi connectivity index (χ4v) is 3.46. The number of aliphatic carboxylic acids is 1. The maximum atomic E-state index is 12.1. The number of ether oxygens (including phenoxy) is 1. The molecule has 0 spiro atoms. The summed E-state index contributed by atoms with van der Waals surface area (Å²) in [6.45, 7) is 9.28. The Morgan fingerprint density at radius 1 is 1.12 bits per heavy atom. The van der Waals surface area contributed by atoms with Crippen molar-refractivity contribution in [3.8, 4) is 0 Å². The molecule has 1 aromatic carbocycles. The third-order valence-corrected chi connectivity index (χ3v) is 4.97. The number of rotatable bonds is 3. The van der Waals surface area contributed by atoms with E-state index in [4.69, 9.17) is 4.74 Å². The number of aryl methyl sites for hydroxylation is 1. The molecule has 0 aliphatic heterocycles. The molecule has 0 heterocycles. The number of amides is 1. The Hall–Kier alpha value is -2.04. The van der Waals surface area contributed by atoms with Gasteiger partial charge in [0.25, 0.3) is 0 Å². The molecule has 1 fully saturated rings. The van der Waals surface area contributed by atoms with Gasteiger partial charge < -0.3 is 9.84 Å². The van der Waals surface area contributed by atoms with E-state index < -0.39 is 23.1 Å². The molecule has 2 N–H and O–H groups in total. The Bertz CT molecular complexity index is 667. The van der Waals surface area contributed by atoms with E-state index in [1.54, 1.807) is 0 Å². The molecule has 25 heavy (non-hydrogen) atoms. The fraction of sp³-hybridized carbons (Fsp3) is 0.600. The van der Waals surface area contributed by atoms with Crippen molar-refractivity contribution in [3.05, 3.63) is 28.8 Å². The van der Waals surface area contributed by atoms with Crippen molar-refractivity contribution in [1.82, 2.24) is 0 Å². The van der Waals surface area contributed by atoms with Gasteiger partial charge in [-0.3, -0.25) is 10.1 Å². The lowest BCUT2D eigenvalue weighted by molar-refractivity contribution is -0.145. The van der Waals surface area contributed by atoms with Gasteiger partial charge in [0.1, 0.15) is 5.60 Å². The van der Waals surface area contributed by atoms with Gasteiger partial charge >= 0.3 is 12.1 Å². The molecule has 1 amide bonds. The highest BCUT2D eigenvalue weighted by atomic mass is 16.6. The van der Waals surface area contributed by atoms with Crippen LogP contribution in [0.1, 0.15) is 69.6 Å². The van der Waals surface area contributed by atoms with Crippen LogP contribution in [0.5, 0.6) is 0 Å². The highest BCUT2D eigenvalue weighted by molar-refractivity contribution is 5.88. The number of carboxylic acids is 1. The minimum atomic E-state index is -0.860. The summed E-state index contributed by atoms with van der Waals surface area (Å²) >= 11 is 0. The standard InChI is InChI=1S/C20H29NO4/c1-13-11-15(20(17(22)23)9-7-6-8-10-20)12-16(14(13)2)21-18(24)25-19(3,4)5/h11-12H,6-10H2,1-5H3,(H,21,24)(H,22,23). The van der Waals surface area contributed by atoms with E-state index in [0.717, 1.165) is 36.0 Å². The van der Waals surface area contributed by atoms with Gasteiger partial charge in [-0.1, -0.05) is 25.3 Å². The molecular formula is C20H29NO4.